The highest BCUT2D eigenvalue weighted by Gasteiger charge is 2.37. The van der Waals surface area contributed by atoms with E-state index in [1.807, 2.05) is 4.90 Å². The normalized spacial score (nSPS) is 26.5. The molecule has 0 radical (unpaired) electrons. The lowest BCUT2D eigenvalue weighted by Gasteiger charge is -2.47. The van der Waals surface area contributed by atoms with E-state index in [1.165, 1.54) is 19.2 Å². The van der Waals surface area contributed by atoms with Crippen LogP contribution in [-0.2, 0) is 0 Å². The largest absolute Gasteiger partial charge is 0.348 e. The van der Waals surface area contributed by atoms with E-state index in [9.17, 15) is 10.1 Å². The SMILES string of the molecule is CC1CN2CCCCC2CN1c1ncnc(Cl)c1[N+](=O)[O-]. The molecule has 0 spiro atoms. The Bertz CT molecular complexity index is 555. The Morgan fingerprint density at radius 3 is 2.95 bits per heavy atom. The second-order valence-electron chi connectivity index (χ2n) is 5.74. The van der Waals surface area contributed by atoms with Crippen LogP contribution < -0.4 is 4.90 Å². The third-order valence-corrected chi connectivity index (χ3v) is 4.68. The minimum atomic E-state index is -0.488. The molecule has 2 atom stereocenters. The van der Waals surface area contributed by atoms with Crippen molar-refractivity contribution in [3.8, 4) is 0 Å². The van der Waals surface area contributed by atoms with Gasteiger partial charge in [0, 0.05) is 25.2 Å². The van der Waals surface area contributed by atoms with E-state index in [0.717, 1.165) is 26.1 Å². The second-order valence-corrected chi connectivity index (χ2v) is 6.10. The molecule has 0 N–H and O–H groups in total. The van der Waals surface area contributed by atoms with Crippen LogP contribution in [-0.4, -0.2) is 51.5 Å². The maximum Gasteiger partial charge on any atom is 0.348 e. The van der Waals surface area contributed by atoms with Gasteiger partial charge in [0.1, 0.15) is 6.33 Å². The zero-order chi connectivity index (χ0) is 15.0. The maximum atomic E-state index is 11.3. The topological polar surface area (TPSA) is 75.4 Å². The number of aromatic nitrogens is 2. The van der Waals surface area contributed by atoms with E-state index in [1.54, 1.807) is 0 Å². The van der Waals surface area contributed by atoms with Gasteiger partial charge in [0.15, 0.2) is 0 Å². The molecular formula is C13H18ClN5O2. The monoisotopic (exact) mass is 311 g/mol. The molecule has 114 valence electrons. The summed E-state index contributed by atoms with van der Waals surface area (Å²) in [7, 11) is 0. The summed E-state index contributed by atoms with van der Waals surface area (Å²) in [5, 5.41) is 11.2. The van der Waals surface area contributed by atoms with E-state index >= 15 is 0 Å². The predicted octanol–water partition coefficient (Wildman–Crippen LogP) is 2.10. The molecule has 2 aliphatic heterocycles. The Balaban J connectivity index is 1.93. The van der Waals surface area contributed by atoms with Crippen LogP contribution in [0.2, 0.25) is 5.15 Å². The van der Waals surface area contributed by atoms with Crippen molar-refractivity contribution in [1.29, 1.82) is 0 Å². The van der Waals surface area contributed by atoms with Gasteiger partial charge in [0.05, 0.1) is 4.92 Å². The van der Waals surface area contributed by atoms with Gasteiger partial charge in [-0.05, 0) is 26.3 Å². The highest BCUT2D eigenvalue weighted by atomic mass is 35.5. The highest BCUT2D eigenvalue weighted by molar-refractivity contribution is 6.31. The molecule has 0 amide bonds. The first kappa shape index (κ1) is 14.5. The van der Waals surface area contributed by atoms with E-state index < -0.39 is 4.92 Å². The number of anilines is 1. The summed E-state index contributed by atoms with van der Waals surface area (Å²) in [5.74, 6) is 0.345. The molecule has 0 saturated carbocycles. The molecule has 21 heavy (non-hydrogen) atoms. The molecule has 0 aromatic carbocycles. The zero-order valence-electron chi connectivity index (χ0n) is 11.9. The van der Waals surface area contributed by atoms with Crippen molar-refractivity contribution in [1.82, 2.24) is 14.9 Å². The van der Waals surface area contributed by atoms with Crippen LogP contribution in [0.15, 0.2) is 6.33 Å². The van der Waals surface area contributed by atoms with Crippen molar-refractivity contribution >= 4 is 23.1 Å². The summed E-state index contributed by atoms with van der Waals surface area (Å²) in [5.41, 5.74) is -0.185. The predicted molar refractivity (Wildman–Crippen MR) is 79.7 cm³/mol. The van der Waals surface area contributed by atoms with E-state index in [4.69, 9.17) is 11.6 Å². The van der Waals surface area contributed by atoms with Crippen LogP contribution in [0.1, 0.15) is 26.2 Å². The lowest BCUT2D eigenvalue weighted by atomic mass is 9.97. The van der Waals surface area contributed by atoms with E-state index in [-0.39, 0.29) is 16.9 Å². The van der Waals surface area contributed by atoms with Crippen molar-refractivity contribution in [2.24, 2.45) is 0 Å². The summed E-state index contributed by atoms with van der Waals surface area (Å²) >= 11 is 5.90. The number of nitrogens with zero attached hydrogens (tertiary/aromatic N) is 5. The smallest absolute Gasteiger partial charge is 0.345 e. The van der Waals surface area contributed by atoms with Gasteiger partial charge in [-0.2, -0.15) is 0 Å². The molecule has 1 aromatic rings. The summed E-state index contributed by atoms with van der Waals surface area (Å²) < 4.78 is 0. The van der Waals surface area contributed by atoms with Crippen LogP contribution in [0.25, 0.3) is 0 Å². The van der Waals surface area contributed by atoms with Crippen LogP contribution in [0.5, 0.6) is 0 Å². The maximum absolute atomic E-state index is 11.3. The summed E-state index contributed by atoms with van der Waals surface area (Å²) in [6.07, 6.45) is 4.89. The molecule has 3 rings (SSSR count). The van der Waals surface area contributed by atoms with Gasteiger partial charge in [-0.15, -0.1) is 0 Å². The molecule has 2 fully saturated rings. The molecule has 7 nitrogen and oxygen atoms in total. The van der Waals surface area contributed by atoms with Gasteiger partial charge in [-0.3, -0.25) is 15.0 Å². The average Bonchev–Trinajstić information content (AvgIpc) is 2.45. The summed E-state index contributed by atoms with van der Waals surface area (Å²) in [4.78, 5) is 23.2. The fraction of sp³-hybridized carbons (Fsp3) is 0.692. The molecule has 0 bridgehead atoms. The zero-order valence-corrected chi connectivity index (χ0v) is 12.7. The first-order valence-corrected chi connectivity index (χ1v) is 7.61. The molecule has 8 heteroatoms. The molecule has 0 aliphatic carbocycles. The highest BCUT2D eigenvalue weighted by Crippen LogP contribution is 2.35. The standard InChI is InChI=1S/C13H18ClN5O2/c1-9-6-17-5-3-2-4-10(17)7-18(9)13-11(19(20)21)12(14)15-8-16-13/h8-10H,2-7H2,1H3. The quantitative estimate of drug-likeness (QED) is 0.473. The van der Waals surface area contributed by atoms with Crippen LogP contribution >= 0.6 is 11.6 Å². The van der Waals surface area contributed by atoms with Gasteiger partial charge < -0.3 is 4.90 Å². The molecule has 2 aliphatic rings. The van der Waals surface area contributed by atoms with Gasteiger partial charge >= 0.3 is 5.69 Å². The molecule has 2 saturated heterocycles. The second kappa shape index (κ2) is 5.73. The molecule has 3 heterocycles. The Kier molecular flexibility index (Phi) is 3.95. The minimum Gasteiger partial charge on any atom is -0.345 e. The van der Waals surface area contributed by atoms with Gasteiger partial charge in [0.25, 0.3) is 0 Å². The number of hydrogen-bond donors (Lipinski definition) is 0. The molecule has 1 aromatic heterocycles. The fourth-order valence-corrected chi connectivity index (χ4v) is 3.56. The number of nitro groups is 1. The Morgan fingerprint density at radius 1 is 1.38 bits per heavy atom. The number of rotatable bonds is 2. The third-order valence-electron chi connectivity index (χ3n) is 4.40. The van der Waals surface area contributed by atoms with E-state index in [2.05, 4.69) is 21.8 Å². The third kappa shape index (κ3) is 2.67. The van der Waals surface area contributed by atoms with Crippen LogP contribution in [0, 0.1) is 10.1 Å². The van der Waals surface area contributed by atoms with Crippen molar-refractivity contribution in [3.05, 3.63) is 21.6 Å². The number of fused-ring (bicyclic) bond motifs is 1. The molecule has 2 unspecified atom stereocenters. The molecular weight excluding hydrogens is 294 g/mol. The van der Waals surface area contributed by atoms with Gasteiger partial charge in [-0.25, -0.2) is 9.97 Å². The van der Waals surface area contributed by atoms with Crippen molar-refractivity contribution in [2.75, 3.05) is 24.5 Å². The van der Waals surface area contributed by atoms with Crippen molar-refractivity contribution in [3.63, 3.8) is 0 Å². The Hall–Kier alpha value is -1.47. The van der Waals surface area contributed by atoms with E-state index in [0.29, 0.717) is 11.9 Å². The lowest BCUT2D eigenvalue weighted by molar-refractivity contribution is -0.384. The average molecular weight is 312 g/mol. The summed E-state index contributed by atoms with van der Waals surface area (Å²) in [6.45, 7) is 4.86. The Morgan fingerprint density at radius 2 is 2.19 bits per heavy atom. The van der Waals surface area contributed by atoms with Gasteiger partial charge in [-0.1, -0.05) is 18.0 Å². The first-order chi connectivity index (χ1) is 10.1. The Labute approximate surface area is 128 Å². The van der Waals surface area contributed by atoms with Gasteiger partial charge in [0.2, 0.25) is 11.0 Å². The lowest BCUT2D eigenvalue weighted by Crippen LogP contribution is -2.59. The van der Waals surface area contributed by atoms with Crippen LogP contribution in [0.3, 0.4) is 0 Å². The van der Waals surface area contributed by atoms with Crippen molar-refractivity contribution < 1.29 is 4.92 Å². The summed E-state index contributed by atoms with van der Waals surface area (Å²) in [6, 6.07) is 0.618. The first-order valence-electron chi connectivity index (χ1n) is 7.23. The fourth-order valence-electron chi connectivity index (χ4n) is 3.36. The number of hydrogen-bond acceptors (Lipinski definition) is 6. The van der Waals surface area contributed by atoms with Crippen LogP contribution in [0.4, 0.5) is 11.5 Å². The van der Waals surface area contributed by atoms with Crippen molar-refractivity contribution in [2.45, 2.75) is 38.3 Å². The number of piperidine rings is 1. The number of piperazine rings is 1. The minimum absolute atomic E-state index is 0.0942. The number of halogens is 1.